The Morgan fingerprint density at radius 2 is 0.836 bits per heavy atom. The van der Waals surface area contributed by atoms with Gasteiger partial charge in [-0.3, -0.25) is 0 Å². The summed E-state index contributed by atoms with van der Waals surface area (Å²) in [5, 5.41) is 0. The van der Waals surface area contributed by atoms with E-state index in [1.807, 2.05) is 0 Å². The summed E-state index contributed by atoms with van der Waals surface area (Å²) in [5.74, 6) is 0.387. The molecular weight excluding hydrogens is 807 g/mol. The molecule has 1 nitrogen and oxygen atoms in total. The number of rotatable bonds is 7. The highest BCUT2D eigenvalue weighted by Crippen LogP contribution is 2.62. The van der Waals surface area contributed by atoms with Gasteiger partial charge in [0.25, 0.3) is 0 Å². The molecule has 0 spiro atoms. The molecule has 0 amide bonds. The molecule has 0 radical (unpaired) electrons. The van der Waals surface area contributed by atoms with E-state index in [2.05, 4.69) is 262 Å². The number of anilines is 3. The maximum absolute atomic E-state index is 2.60. The Kier molecular flexibility index (Phi) is 8.80. The van der Waals surface area contributed by atoms with Crippen LogP contribution in [-0.2, 0) is 16.2 Å². The Balaban J connectivity index is 1.04. The van der Waals surface area contributed by atoms with E-state index in [0.717, 1.165) is 23.5 Å². The maximum atomic E-state index is 2.60. The van der Waals surface area contributed by atoms with E-state index < -0.39 is 10.8 Å². The Morgan fingerprint density at radius 1 is 0.373 bits per heavy atom. The van der Waals surface area contributed by atoms with E-state index in [9.17, 15) is 0 Å². The maximum Gasteiger partial charge on any atom is 0.0713 e. The van der Waals surface area contributed by atoms with E-state index in [4.69, 9.17) is 0 Å². The second kappa shape index (κ2) is 14.9. The molecule has 4 aliphatic rings. The molecule has 67 heavy (non-hydrogen) atoms. The van der Waals surface area contributed by atoms with Crippen molar-refractivity contribution in [2.45, 2.75) is 43.4 Å². The molecule has 0 N–H and O–H groups in total. The first-order valence-electron chi connectivity index (χ1n) is 24.0. The number of hydrogen-bond donors (Lipinski definition) is 0. The molecule has 2 unspecified atom stereocenters. The van der Waals surface area contributed by atoms with Gasteiger partial charge in [0.1, 0.15) is 0 Å². The second-order valence-corrected chi connectivity index (χ2v) is 19.6. The molecule has 0 aromatic heterocycles. The van der Waals surface area contributed by atoms with Crippen molar-refractivity contribution < 1.29 is 0 Å². The summed E-state index contributed by atoms with van der Waals surface area (Å²) < 4.78 is 0. The van der Waals surface area contributed by atoms with E-state index in [1.165, 1.54) is 89.0 Å². The summed E-state index contributed by atoms with van der Waals surface area (Å²) >= 11 is 0. The van der Waals surface area contributed by atoms with Crippen LogP contribution in [0.2, 0.25) is 0 Å². The fraction of sp³-hybridized carbons (Fsp3) is 0.121. The molecule has 0 heterocycles. The van der Waals surface area contributed by atoms with Crippen molar-refractivity contribution in [1.29, 1.82) is 0 Å². The number of nitrogens with zero attached hydrogens (tertiary/aromatic N) is 1. The number of fused-ring (bicyclic) bond motifs is 8. The molecule has 0 saturated carbocycles. The summed E-state index contributed by atoms with van der Waals surface area (Å²) in [7, 11) is 0. The Labute approximate surface area is 395 Å². The highest BCUT2D eigenvalue weighted by molar-refractivity contribution is 5.92. The van der Waals surface area contributed by atoms with Gasteiger partial charge in [0.05, 0.1) is 10.8 Å². The molecule has 4 aliphatic carbocycles. The zero-order chi connectivity index (χ0) is 44.9. The van der Waals surface area contributed by atoms with Gasteiger partial charge in [-0.25, -0.2) is 0 Å². The smallest absolute Gasteiger partial charge is 0.0713 e. The highest BCUT2D eigenvalue weighted by atomic mass is 15.1. The lowest BCUT2D eigenvalue weighted by atomic mass is 9.63. The van der Waals surface area contributed by atoms with Gasteiger partial charge in [-0.1, -0.05) is 221 Å². The Bertz CT molecular complexity index is 3430. The molecule has 2 atom stereocenters. The zero-order valence-corrected chi connectivity index (χ0v) is 38.2. The third kappa shape index (κ3) is 5.49. The van der Waals surface area contributed by atoms with Gasteiger partial charge in [0, 0.05) is 22.5 Å². The topological polar surface area (TPSA) is 3.24 Å². The molecule has 1 heteroatoms. The van der Waals surface area contributed by atoms with E-state index >= 15 is 0 Å². The number of hydrogen-bond acceptors (Lipinski definition) is 1. The number of para-hydroxylation sites is 1. The second-order valence-electron chi connectivity index (χ2n) is 19.6. The highest BCUT2D eigenvalue weighted by Gasteiger charge is 2.51. The molecule has 13 rings (SSSR count). The van der Waals surface area contributed by atoms with Gasteiger partial charge < -0.3 is 4.90 Å². The van der Waals surface area contributed by atoms with Gasteiger partial charge in [0.2, 0.25) is 0 Å². The SMILES string of the molecule is CC1CC=CC2=C1c1ccccc1C2(c1ccc(N(c2ccccc2)c2ccc3c(c2)C(C)(C)c2ccccc2-3)cc1)c1ccc2c(c1)C(c1ccccc1)(c1ccccc1)c1ccccc1-2. The van der Waals surface area contributed by atoms with Crippen LogP contribution in [0.25, 0.3) is 27.8 Å². The van der Waals surface area contributed by atoms with Gasteiger partial charge in [-0.15, -0.1) is 0 Å². The van der Waals surface area contributed by atoms with Gasteiger partial charge in [-0.05, 0) is 138 Å². The summed E-state index contributed by atoms with van der Waals surface area (Å²) in [5.41, 5.74) is 23.6. The van der Waals surface area contributed by atoms with E-state index in [-0.39, 0.29) is 5.41 Å². The zero-order valence-electron chi connectivity index (χ0n) is 38.2. The monoisotopic (exact) mass is 857 g/mol. The van der Waals surface area contributed by atoms with Crippen molar-refractivity contribution >= 4 is 22.6 Å². The minimum atomic E-state index is -0.570. The Morgan fingerprint density at radius 3 is 1.51 bits per heavy atom. The largest absolute Gasteiger partial charge is 0.310 e. The third-order valence-electron chi connectivity index (χ3n) is 15.9. The lowest BCUT2D eigenvalue weighted by molar-refractivity contribution is 0.660. The van der Waals surface area contributed by atoms with Gasteiger partial charge in [-0.2, -0.15) is 0 Å². The summed E-state index contributed by atoms with van der Waals surface area (Å²) in [6.45, 7) is 7.15. The van der Waals surface area contributed by atoms with Gasteiger partial charge in [0.15, 0.2) is 0 Å². The minimum absolute atomic E-state index is 0.109. The van der Waals surface area contributed by atoms with Crippen LogP contribution < -0.4 is 4.90 Å². The quantitative estimate of drug-likeness (QED) is 0.154. The predicted octanol–water partition coefficient (Wildman–Crippen LogP) is 16.5. The van der Waals surface area contributed by atoms with Crippen molar-refractivity contribution in [3.63, 3.8) is 0 Å². The van der Waals surface area contributed by atoms with Crippen LogP contribution in [0, 0.1) is 5.92 Å². The lowest BCUT2D eigenvalue weighted by Gasteiger charge is -2.38. The van der Waals surface area contributed by atoms with Crippen molar-refractivity contribution in [2.75, 3.05) is 4.90 Å². The van der Waals surface area contributed by atoms with E-state index in [0.29, 0.717) is 5.92 Å². The summed E-state index contributed by atoms with van der Waals surface area (Å²) in [6.07, 6.45) is 5.92. The first kappa shape index (κ1) is 39.6. The average Bonchev–Trinajstić information content (AvgIpc) is 3.95. The average molecular weight is 858 g/mol. The van der Waals surface area contributed by atoms with E-state index in [1.54, 1.807) is 0 Å². The van der Waals surface area contributed by atoms with Crippen LogP contribution in [-0.4, -0.2) is 0 Å². The Hall–Kier alpha value is -7.74. The first-order chi connectivity index (χ1) is 32.9. The van der Waals surface area contributed by atoms with Crippen molar-refractivity contribution in [2.24, 2.45) is 5.92 Å². The number of benzene rings is 9. The van der Waals surface area contributed by atoms with Crippen LogP contribution in [0.1, 0.15) is 82.8 Å². The van der Waals surface area contributed by atoms with Crippen LogP contribution in [0.15, 0.2) is 242 Å². The van der Waals surface area contributed by atoms with Crippen LogP contribution >= 0.6 is 0 Å². The van der Waals surface area contributed by atoms with Crippen LogP contribution in [0.4, 0.5) is 17.1 Å². The summed E-state index contributed by atoms with van der Waals surface area (Å²) in [4.78, 5) is 2.44. The molecule has 9 aromatic carbocycles. The van der Waals surface area contributed by atoms with Crippen LogP contribution in [0.3, 0.4) is 0 Å². The normalized spacial score (nSPS) is 18.6. The summed E-state index contributed by atoms with van der Waals surface area (Å²) in [6, 6.07) is 84.8. The lowest BCUT2D eigenvalue weighted by Crippen LogP contribution is -2.32. The fourth-order valence-corrected chi connectivity index (χ4v) is 13.0. The third-order valence-corrected chi connectivity index (χ3v) is 15.9. The molecule has 0 fully saturated rings. The molecule has 9 aromatic rings. The minimum Gasteiger partial charge on any atom is -0.310 e. The standard InChI is InChI=1S/C66H51N/c1-44-20-19-33-60-63(44)56-29-15-18-32-59(56)66(60,48-36-40-55-53-28-14-17-31-58(53)65(62(55)42-48,45-21-7-4-8-22-45)46-23-9-5-10-24-46)47-34-37-50(38-35-47)67(49-25-11-6-12-26-49)51-39-41-54-52-27-13-16-30-57(52)64(2,3)61(54)43-51/h4-19,21-44H,20H2,1-3H3. The molecule has 0 saturated heterocycles. The molecule has 320 valence electrons. The predicted molar refractivity (Wildman–Crippen MR) is 279 cm³/mol. The molecule has 0 aliphatic heterocycles. The van der Waals surface area contributed by atoms with Crippen molar-refractivity contribution in [3.05, 3.63) is 298 Å². The van der Waals surface area contributed by atoms with Crippen LogP contribution in [0.5, 0.6) is 0 Å². The van der Waals surface area contributed by atoms with Crippen molar-refractivity contribution in [1.82, 2.24) is 0 Å². The fourth-order valence-electron chi connectivity index (χ4n) is 13.0. The molecular formula is C66H51N. The number of allylic oxidation sites excluding steroid dienone is 4. The van der Waals surface area contributed by atoms with Crippen molar-refractivity contribution in [3.8, 4) is 22.3 Å². The van der Waals surface area contributed by atoms with Gasteiger partial charge >= 0.3 is 0 Å². The first-order valence-corrected chi connectivity index (χ1v) is 24.0. The molecule has 0 bridgehead atoms.